The van der Waals surface area contributed by atoms with Crippen LogP contribution in [0, 0.1) is 0 Å². The van der Waals surface area contributed by atoms with E-state index in [0.717, 1.165) is 12.1 Å². The molecule has 94 valence electrons. The van der Waals surface area contributed by atoms with E-state index in [1.165, 1.54) is 16.7 Å². The maximum Gasteiger partial charge on any atom is 0.0704 e. The van der Waals surface area contributed by atoms with Crippen molar-refractivity contribution in [1.82, 2.24) is 4.98 Å². The Bertz CT molecular complexity index is 629. The quantitative estimate of drug-likeness (QED) is 0.549. The molecule has 1 aliphatic carbocycles. The lowest BCUT2D eigenvalue weighted by Crippen LogP contribution is -1.97. The number of pyridine rings is 1. The van der Waals surface area contributed by atoms with Gasteiger partial charge in [-0.15, -0.1) is 0 Å². The predicted octanol–water partition coefficient (Wildman–Crippen LogP) is 4.90. The number of rotatable bonds is 2. The molecule has 19 heavy (non-hydrogen) atoms. The number of alkyl halides is 1. The maximum atomic E-state index is 4.49. The molecule has 0 spiro atoms. The number of benzene rings is 1. The molecule has 2 aromatic rings. The highest BCUT2D eigenvalue weighted by molar-refractivity contribution is 14.1. The van der Waals surface area contributed by atoms with E-state index < -0.39 is 0 Å². The molecule has 0 N–H and O–H groups in total. The number of aromatic nitrogens is 1. The van der Waals surface area contributed by atoms with Gasteiger partial charge >= 0.3 is 0 Å². The number of halogens is 1. The highest BCUT2D eigenvalue weighted by Gasteiger charge is 2.08. The lowest BCUT2D eigenvalue weighted by molar-refractivity contribution is 1.09. The van der Waals surface area contributed by atoms with Crippen molar-refractivity contribution in [3.05, 3.63) is 72.6 Å². The Morgan fingerprint density at radius 3 is 2.63 bits per heavy atom. The van der Waals surface area contributed by atoms with Crippen molar-refractivity contribution in [2.75, 3.05) is 0 Å². The first kappa shape index (κ1) is 12.6. The Labute approximate surface area is 127 Å². The average Bonchev–Trinajstić information content (AvgIpc) is 2.49. The fourth-order valence-corrected chi connectivity index (χ4v) is 2.64. The molecule has 0 saturated carbocycles. The molecule has 1 heterocycles. The Morgan fingerprint density at radius 1 is 1.05 bits per heavy atom. The second-order valence-corrected chi connectivity index (χ2v) is 6.17. The fourth-order valence-electron chi connectivity index (χ4n) is 2.18. The van der Waals surface area contributed by atoms with Crippen LogP contribution in [0.2, 0.25) is 0 Å². The van der Waals surface area contributed by atoms with Crippen LogP contribution in [0.1, 0.15) is 12.1 Å². The zero-order valence-corrected chi connectivity index (χ0v) is 12.6. The van der Waals surface area contributed by atoms with Crippen LogP contribution in [0.5, 0.6) is 0 Å². The summed E-state index contributed by atoms with van der Waals surface area (Å²) in [5.41, 5.74) is 4.74. The lowest BCUT2D eigenvalue weighted by atomic mass is 10.0. The molecule has 0 radical (unpaired) electrons. The van der Waals surface area contributed by atoms with Gasteiger partial charge in [0.15, 0.2) is 0 Å². The van der Waals surface area contributed by atoms with Crippen LogP contribution in [0.25, 0.3) is 16.7 Å². The molecular weight excluding hydrogens is 345 g/mol. The average molecular weight is 359 g/mol. The van der Waals surface area contributed by atoms with Crippen molar-refractivity contribution < 1.29 is 0 Å². The Balaban J connectivity index is 1.95. The minimum absolute atomic E-state index is 0.610. The first-order valence-corrected chi connectivity index (χ1v) is 7.62. The highest BCUT2D eigenvalue weighted by Crippen LogP contribution is 2.26. The molecule has 0 fully saturated rings. The SMILES string of the molecule is IC1C=CC(c2cc(-c3ccccc3)ccn2)=CC1. The normalized spacial score (nSPS) is 18.2. The third-order valence-electron chi connectivity index (χ3n) is 3.21. The molecule has 3 rings (SSSR count). The van der Waals surface area contributed by atoms with Gasteiger partial charge in [0.2, 0.25) is 0 Å². The Morgan fingerprint density at radius 2 is 1.89 bits per heavy atom. The second-order valence-electron chi connectivity index (χ2n) is 4.57. The summed E-state index contributed by atoms with van der Waals surface area (Å²) in [6.45, 7) is 0. The highest BCUT2D eigenvalue weighted by atomic mass is 127. The summed E-state index contributed by atoms with van der Waals surface area (Å²) < 4.78 is 0.610. The predicted molar refractivity (Wildman–Crippen MR) is 89.2 cm³/mol. The first-order valence-electron chi connectivity index (χ1n) is 6.37. The van der Waals surface area contributed by atoms with Crippen molar-refractivity contribution in [2.45, 2.75) is 10.3 Å². The summed E-state index contributed by atoms with van der Waals surface area (Å²) in [6, 6.07) is 14.7. The Kier molecular flexibility index (Phi) is 3.78. The van der Waals surface area contributed by atoms with Gasteiger partial charge in [-0.3, -0.25) is 4.98 Å². The Hall–Kier alpha value is -1.42. The second kappa shape index (κ2) is 5.70. The molecule has 0 bridgehead atoms. The minimum Gasteiger partial charge on any atom is -0.256 e. The van der Waals surface area contributed by atoms with Gasteiger partial charge in [-0.1, -0.05) is 71.2 Å². The van der Waals surface area contributed by atoms with Crippen molar-refractivity contribution in [3.8, 4) is 11.1 Å². The third-order valence-corrected chi connectivity index (χ3v) is 4.13. The van der Waals surface area contributed by atoms with Crippen LogP contribution in [-0.4, -0.2) is 8.91 Å². The fraction of sp³-hybridized carbons (Fsp3) is 0.118. The summed E-state index contributed by atoms with van der Waals surface area (Å²) in [7, 11) is 0. The van der Waals surface area contributed by atoms with Gasteiger partial charge in [0.25, 0.3) is 0 Å². The van der Waals surface area contributed by atoms with Gasteiger partial charge in [0, 0.05) is 10.1 Å². The summed E-state index contributed by atoms with van der Waals surface area (Å²) in [6.07, 6.45) is 9.67. The number of hydrogen-bond acceptors (Lipinski definition) is 1. The molecule has 0 amide bonds. The number of allylic oxidation sites excluding steroid dienone is 4. The van der Waals surface area contributed by atoms with Crippen LogP contribution in [0.4, 0.5) is 0 Å². The van der Waals surface area contributed by atoms with Crippen molar-refractivity contribution in [1.29, 1.82) is 0 Å². The molecule has 1 unspecified atom stereocenters. The lowest BCUT2D eigenvalue weighted by Gasteiger charge is -2.11. The van der Waals surface area contributed by atoms with Crippen LogP contribution in [-0.2, 0) is 0 Å². The monoisotopic (exact) mass is 359 g/mol. The van der Waals surface area contributed by atoms with Crippen LogP contribution in [0.3, 0.4) is 0 Å². The first-order chi connectivity index (χ1) is 9.33. The molecule has 1 nitrogen and oxygen atoms in total. The third kappa shape index (κ3) is 2.95. The van der Waals surface area contributed by atoms with Gasteiger partial charge in [0.05, 0.1) is 5.69 Å². The van der Waals surface area contributed by atoms with Crippen molar-refractivity contribution >= 4 is 28.2 Å². The molecular formula is C17H14IN. The molecule has 2 heteroatoms. The van der Waals surface area contributed by atoms with Crippen LogP contribution < -0.4 is 0 Å². The number of nitrogens with zero attached hydrogens (tertiary/aromatic N) is 1. The standard InChI is InChI=1S/C17H14IN/c18-16-8-6-14(7-9-16)17-12-15(10-11-19-17)13-4-2-1-3-5-13/h1-8,10-12,16H,9H2. The summed E-state index contributed by atoms with van der Waals surface area (Å²) in [5, 5.41) is 0. The van der Waals surface area contributed by atoms with Gasteiger partial charge < -0.3 is 0 Å². The van der Waals surface area contributed by atoms with E-state index in [2.05, 4.69) is 82.2 Å². The van der Waals surface area contributed by atoms with E-state index in [1.807, 2.05) is 12.3 Å². The van der Waals surface area contributed by atoms with E-state index in [-0.39, 0.29) is 0 Å². The van der Waals surface area contributed by atoms with Crippen molar-refractivity contribution in [3.63, 3.8) is 0 Å². The summed E-state index contributed by atoms with van der Waals surface area (Å²) >= 11 is 2.45. The molecule has 1 aromatic carbocycles. The smallest absolute Gasteiger partial charge is 0.0704 e. The molecule has 0 aliphatic heterocycles. The van der Waals surface area contributed by atoms with E-state index in [9.17, 15) is 0 Å². The van der Waals surface area contributed by atoms with Gasteiger partial charge in [-0.2, -0.15) is 0 Å². The van der Waals surface area contributed by atoms with E-state index in [4.69, 9.17) is 0 Å². The molecule has 1 atom stereocenters. The van der Waals surface area contributed by atoms with E-state index >= 15 is 0 Å². The topological polar surface area (TPSA) is 12.9 Å². The molecule has 1 aliphatic rings. The van der Waals surface area contributed by atoms with E-state index in [0.29, 0.717) is 3.92 Å². The summed E-state index contributed by atoms with van der Waals surface area (Å²) in [4.78, 5) is 4.49. The minimum atomic E-state index is 0.610. The summed E-state index contributed by atoms with van der Waals surface area (Å²) in [5.74, 6) is 0. The van der Waals surface area contributed by atoms with Crippen LogP contribution >= 0.6 is 22.6 Å². The zero-order chi connectivity index (χ0) is 13.1. The van der Waals surface area contributed by atoms with Crippen molar-refractivity contribution in [2.24, 2.45) is 0 Å². The molecule has 1 aromatic heterocycles. The maximum absolute atomic E-state index is 4.49. The molecule has 0 saturated heterocycles. The van der Waals surface area contributed by atoms with Gasteiger partial charge in [-0.25, -0.2) is 0 Å². The van der Waals surface area contributed by atoms with Gasteiger partial charge in [-0.05, 0) is 35.3 Å². The number of hydrogen-bond donors (Lipinski definition) is 0. The van der Waals surface area contributed by atoms with Crippen LogP contribution in [0.15, 0.2) is 66.9 Å². The zero-order valence-electron chi connectivity index (χ0n) is 10.5. The largest absolute Gasteiger partial charge is 0.256 e. The van der Waals surface area contributed by atoms with E-state index in [1.54, 1.807) is 0 Å². The van der Waals surface area contributed by atoms with Gasteiger partial charge in [0.1, 0.15) is 0 Å².